The quantitative estimate of drug-likeness (QED) is 0.378. The molecule has 2 aromatic carbocycles. The van der Waals surface area contributed by atoms with Crippen LogP contribution < -0.4 is 15.8 Å². The number of carbonyl (C=O) groups excluding carboxylic acids is 1. The van der Waals surface area contributed by atoms with Crippen LogP contribution in [-0.4, -0.2) is 30.4 Å². The van der Waals surface area contributed by atoms with Crippen molar-refractivity contribution in [2.75, 3.05) is 19.0 Å². The van der Waals surface area contributed by atoms with Crippen LogP contribution in [0.5, 0.6) is 5.75 Å². The maximum absolute atomic E-state index is 11.7. The van der Waals surface area contributed by atoms with Crippen molar-refractivity contribution < 1.29 is 9.53 Å². The number of nitrogens with one attached hydrogen (secondary N) is 1. The maximum Gasteiger partial charge on any atom is 0.222 e. The zero-order chi connectivity index (χ0) is 18.4. The first-order chi connectivity index (χ1) is 12.6. The van der Waals surface area contributed by atoms with Gasteiger partial charge in [-0.2, -0.15) is 0 Å². The minimum Gasteiger partial charge on any atom is -0.497 e. The molecule has 6 nitrogen and oxygen atoms in total. The average Bonchev–Trinajstić information content (AvgIpc) is 3.06. The Hall–Kier alpha value is -2.29. The highest BCUT2D eigenvalue weighted by Gasteiger charge is 2.19. The molecule has 0 spiro atoms. The molecule has 0 unspecified atom stereocenters. The van der Waals surface area contributed by atoms with Gasteiger partial charge in [-0.3, -0.25) is 4.79 Å². The normalized spacial score (nSPS) is 14.0. The Kier molecular flexibility index (Phi) is 7.90. The van der Waals surface area contributed by atoms with E-state index in [-0.39, 0.29) is 29.9 Å². The molecule has 0 aliphatic carbocycles. The smallest absolute Gasteiger partial charge is 0.222 e. The van der Waals surface area contributed by atoms with Gasteiger partial charge in [0.1, 0.15) is 5.75 Å². The summed E-state index contributed by atoms with van der Waals surface area (Å²) in [5.41, 5.74) is 9.01. The zero-order valence-electron chi connectivity index (χ0n) is 15.4. The van der Waals surface area contributed by atoms with Crippen molar-refractivity contribution in [3.63, 3.8) is 0 Å². The summed E-state index contributed by atoms with van der Waals surface area (Å²) in [5.74, 6) is 1.40. The molecular weight excluding hydrogens is 455 g/mol. The second-order valence-electron chi connectivity index (χ2n) is 6.29. The van der Waals surface area contributed by atoms with Gasteiger partial charge in [-0.15, -0.1) is 24.0 Å². The van der Waals surface area contributed by atoms with Gasteiger partial charge in [0.05, 0.1) is 13.7 Å². The van der Waals surface area contributed by atoms with Gasteiger partial charge in [0.25, 0.3) is 0 Å². The van der Waals surface area contributed by atoms with Crippen LogP contribution in [0.2, 0.25) is 0 Å². The van der Waals surface area contributed by atoms with E-state index in [4.69, 9.17) is 10.5 Å². The second kappa shape index (κ2) is 10.1. The Balaban J connectivity index is 0.00000261. The molecule has 2 aromatic rings. The van der Waals surface area contributed by atoms with Crippen molar-refractivity contribution in [2.24, 2.45) is 10.7 Å². The molecule has 1 fully saturated rings. The first-order valence-corrected chi connectivity index (χ1v) is 8.70. The number of carbonyl (C=O) groups is 1. The first kappa shape index (κ1) is 21.0. The van der Waals surface area contributed by atoms with Gasteiger partial charge in [-0.25, -0.2) is 4.99 Å². The van der Waals surface area contributed by atoms with E-state index in [1.807, 2.05) is 53.4 Å². The summed E-state index contributed by atoms with van der Waals surface area (Å²) in [5, 5.41) is 3.06. The van der Waals surface area contributed by atoms with E-state index >= 15 is 0 Å². The number of rotatable bonds is 6. The summed E-state index contributed by atoms with van der Waals surface area (Å²) in [6.45, 7) is 2.04. The van der Waals surface area contributed by atoms with Gasteiger partial charge in [0.15, 0.2) is 5.96 Å². The number of nitrogens with two attached hydrogens (primary N) is 1. The minimum absolute atomic E-state index is 0. The van der Waals surface area contributed by atoms with Crippen molar-refractivity contribution in [1.82, 2.24) is 4.90 Å². The van der Waals surface area contributed by atoms with Crippen LogP contribution in [0.4, 0.5) is 5.69 Å². The molecule has 0 bridgehead atoms. The fourth-order valence-corrected chi connectivity index (χ4v) is 2.88. The SMILES string of the molecule is COc1ccc(NC(N)=NCc2ccc(CN3CCCC3=O)cc2)cc1.I. The highest BCUT2D eigenvalue weighted by molar-refractivity contribution is 14.0. The van der Waals surface area contributed by atoms with Crippen LogP contribution in [-0.2, 0) is 17.9 Å². The lowest BCUT2D eigenvalue weighted by molar-refractivity contribution is -0.128. The molecule has 0 atom stereocenters. The lowest BCUT2D eigenvalue weighted by atomic mass is 10.1. The van der Waals surface area contributed by atoms with Crippen molar-refractivity contribution in [3.8, 4) is 5.75 Å². The molecule has 27 heavy (non-hydrogen) atoms. The largest absolute Gasteiger partial charge is 0.497 e. The fraction of sp³-hybridized carbons (Fsp3) is 0.300. The Labute approximate surface area is 176 Å². The topological polar surface area (TPSA) is 80.0 Å². The first-order valence-electron chi connectivity index (χ1n) is 8.70. The van der Waals surface area contributed by atoms with Gasteiger partial charge in [0, 0.05) is 25.2 Å². The molecule has 0 aromatic heterocycles. The molecule has 7 heteroatoms. The number of guanidine groups is 1. The molecule has 3 rings (SSSR count). The number of halogens is 1. The van der Waals surface area contributed by atoms with Crippen LogP contribution in [0, 0.1) is 0 Å². The monoisotopic (exact) mass is 480 g/mol. The van der Waals surface area contributed by atoms with E-state index in [1.54, 1.807) is 7.11 Å². The van der Waals surface area contributed by atoms with Gasteiger partial charge in [0.2, 0.25) is 5.91 Å². The van der Waals surface area contributed by atoms with Crippen molar-refractivity contribution in [1.29, 1.82) is 0 Å². The van der Waals surface area contributed by atoms with Crippen LogP contribution in [0.15, 0.2) is 53.5 Å². The standard InChI is InChI=1S/C20H24N4O2.HI/c1-26-18-10-8-17(9-11-18)23-20(21)22-13-15-4-6-16(7-5-15)14-24-12-2-3-19(24)25;/h4-11H,2-3,12-14H2,1H3,(H3,21,22,23);1H. The highest BCUT2D eigenvalue weighted by Crippen LogP contribution is 2.16. The van der Waals surface area contributed by atoms with Crippen molar-refractivity contribution in [3.05, 3.63) is 59.7 Å². The molecular formula is C20H25IN4O2. The third-order valence-corrected chi connectivity index (χ3v) is 4.36. The summed E-state index contributed by atoms with van der Waals surface area (Å²) in [6, 6.07) is 15.6. The number of hydrogen-bond acceptors (Lipinski definition) is 3. The zero-order valence-corrected chi connectivity index (χ0v) is 17.7. The number of aliphatic imine (C=N–C) groups is 1. The number of anilines is 1. The lowest BCUT2D eigenvalue weighted by Gasteiger charge is -2.15. The number of methoxy groups -OCH3 is 1. The van der Waals surface area contributed by atoms with E-state index in [2.05, 4.69) is 10.3 Å². The van der Waals surface area contributed by atoms with Crippen molar-refractivity contribution in [2.45, 2.75) is 25.9 Å². The molecule has 1 aliphatic heterocycles. The summed E-state index contributed by atoms with van der Waals surface area (Å²) < 4.78 is 5.13. The molecule has 0 radical (unpaired) electrons. The van der Waals surface area contributed by atoms with E-state index in [0.29, 0.717) is 25.5 Å². The molecule has 1 heterocycles. The Morgan fingerprint density at radius 1 is 1.15 bits per heavy atom. The van der Waals surface area contributed by atoms with Crippen LogP contribution in [0.25, 0.3) is 0 Å². The van der Waals surface area contributed by atoms with Gasteiger partial charge in [-0.05, 0) is 41.8 Å². The number of amides is 1. The number of benzene rings is 2. The highest BCUT2D eigenvalue weighted by atomic mass is 127. The van der Waals surface area contributed by atoms with E-state index in [1.165, 1.54) is 0 Å². The van der Waals surface area contributed by atoms with Gasteiger partial charge < -0.3 is 20.7 Å². The lowest BCUT2D eigenvalue weighted by Crippen LogP contribution is -2.23. The van der Waals surface area contributed by atoms with Crippen molar-refractivity contribution >= 4 is 41.5 Å². The van der Waals surface area contributed by atoms with Crippen LogP contribution in [0.1, 0.15) is 24.0 Å². The number of nitrogens with zero attached hydrogens (tertiary/aromatic N) is 2. The number of likely N-dealkylation sites (tertiary alicyclic amines) is 1. The molecule has 1 saturated heterocycles. The number of hydrogen-bond donors (Lipinski definition) is 2. The van der Waals surface area contributed by atoms with Crippen LogP contribution >= 0.6 is 24.0 Å². The maximum atomic E-state index is 11.7. The third-order valence-electron chi connectivity index (χ3n) is 4.36. The second-order valence-corrected chi connectivity index (χ2v) is 6.29. The molecule has 1 amide bonds. The Morgan fingerprint density at radius 3 is 2.41 bits per heavy atom. The minimum atomic E-state index is 0. The predicted molar refractivity (Wildman–Crippen MR) is 118 cm³/mol. The summed E-state index contributed by atoms with van der Waals surface area (Å²) in [7, 11) is 1.63. The van der Waals surface area contributed by atoms with E-state index in [0.717, 1.165) is 35.5 Å². The summed E-state index contributed by atoms with van der Waals surface area (Å²) >= 11 is 0. The molecule has 3 N–H and O–H groups in total. The molecule has 0 saturated carbocycles. The predicted octanol–water partition coefficient (Wildman–Crippen LogP) is 3.36. The van der Waals surface area contributed by atoms with Gasteiger partial charge in [-0.1, -0.05) is 24.3 Å². The van der Waals surface area contributed by atoms with E-state index < -0.39 is 0 Å². The summed E-state index contributed by atoms with van der Waals surface area (Å²) in [6.07, 6.45) is 1.64. The third kappa shape index (κ3) is 6.13. The average molecular weight is 480 g/mol. The molecule has 1 aliphatic rings. The number of ether oxygens (including phenoxy) is 1. The summed E-state index contributed by atoms with van der Waals surface area (Å²) in [4.78, 5) is 18.0. The van der Waals surface area contributed by atoms with Gasteiger partial charge >= 0.3 is 0 Å². The Bertz CT molecular complexity index is 776. The Morgan fingerprint density at radius 2 is 1.81 bits per heavy atom. The fourth-order valence-electron chi connectivity index (χ4n) is 2.88. The van der Waals surface area contributed by atoms with E-state index in [9.17, 15) is 4.79 Å². The van der Waals surface area contributed by atoms with Crippen LogP contribution in [0.3, 0.4) is 0 Å². The molecule has 144 valence electrons.